The van der Waals surface area contributed by atoms with E-state index in [9.17, 15) is 0 Å². The molecule has 0 aliphatic carbocycles. The van der Waals surface area contributed by atoms with Crippen LogP contribution in [0.2, 0.25) is 0 Å². The highest BCUT2D eigenvalue weighted by Crippen LogP contribution is 2.53. The number of fused-ring (bicyclic) bond motifs is 20. The van der Waals surface area contributed by atoms with Crippen LogP contribution in [0.3, 0.4) is 0 Å². The molecule has 13 aromatic rings. The number of nitrogens with zero attached hydrogens (tertiary/aromatic N) is 2. The minimum atomic E-state index is 0.254. The summed E-state index contributed by atoms with van der Waals surface area (Å²) in [5.74, 6) is 0.254. The first-order valence-corrected chi connectivity index (χ1v) is 17.6. The molecule has 0 atom stereocenters. The van der Waals surface area contributed by atoms with Gasteiger partial charge in [0.1, 0.15) is 22.3 Å². The summed E-state index contributed by atoms with van der Waals surface area (Å²) in [5.41, 5.74) is 14.1. The lowest BCUT2D eigenvalue weighted by Crippen LogP contribution is -1.97. The van der Waals surface area contributed by atoms with E-state index in [-0.39, 0.29) is 5.92 Å². The average Bonchev–Trinajstić information content (AvgIpc) is 3.96. The quantitative estimate of drug-likeness (QED) is 0.179. The van der Waals surface area contributed by atoms with E-state index < -0.39 is 0 Å². The SMILES string of the molecule is Cc1c2c3cc4oc5ccccc5c4c4c5ccccc5n(c2c(C(C)C)c2c5cc6oc7ccccc7c6c6c7ccccc7n(c12)c56)c34. The van der Waals surface area contributed by atoms with Gasteiger partial charge >= 0.3 is 0 Å². The number of hydrogen-bond donors (Lipinski definition) is 0. The van der Waals surface area contributed by atoms with Crippen molar-refractivity contribution < 1.29 is 8.83 Å². The van der Waals surface area contributed by atoms with E-state index >= 15 is 0 Å². The molecule has 4 heteroatoms. The zero-order valence-corrected chi connectivity index (χ0v) is 27.7. The van der Waals surface area contributed by atoms with Crippen molar-refractivity contribution in [2.24, 2.45) is 0 Å². The molecule has 234 valence electrons. The minimum absolute atomic E-state index is 0.254. The van der Waals surface area contributed by atoms with Crippen LogP contribution >= 0.6 is 0 Å². The predicted octanol–water partition coefficient (Wildman–Crippen LogP) is 13.2. The Morgan fingerprint density at radius 1 is 0.420 bits per heavy atom. The van der Waals surface area contributed by atoms with Crippen LogP contribution in [0.25, 0.3) is 120 Å². The molecular weight excluding hydrogens is 613 g/mol. The predicted molar refractivity (Wildman–Crippen MR) is 209 cm³/mol. The van der Waals surface area contributed by atoms with E-state index in [4.69, 9.17) is 8.83 Å². The van der Waals surface area contributed by atoms with Crippen molar-refractivity contribution >= 4 is 120 Å². The van der Waals surface area contributed by atoms with E-state index in [1.165, 1.54) is 109 Å². The van der Waals surface area contributed by atoms with Gasteiger partial charge in [-0.25, -0.2) is 0 Å². The van der Waals surface area contributed by atoms with Crippen molar-refractivity contribution in [3.05, 3.63) is 120 Å². The Hall–Kier alpha value is -6.26. The molecule has 0 amide bonds. The number of rotatable bonds is 1. The lowest BCUT2D eigenvalue weighted by molar-refractivity contribution is 0.669. The zero-order chi connectivity index (χ0) is 32.7. The number of aryl methyl sites for hydroxylation is 1. The lowest BCUT2D eigenvalue weighted by atomic mass is 9.90. The number of hydrogen-bond acceptors (Lipinski definition) is 2. The van der Waals surface area contributed by atoms with Crippen molar-refractivity contribution in [3.63, 3.8) is 0 Å². The summed E-state index contributed by atoms with van der Waals surface area (Å²) < 4.78 is 18.5. The fraction of sp³-hybridized carbons (Fsp3) is 0.0870. The average molecular weight is 641 g/mol. The van der Waals surface area contributed by atoms with Crippen LogP contribution in [0.15, 0.2) is 118 Å². The molecule has 0 aliphatic heterocycles. The van der Waals surface area contributed by atoms with E-state index in [2.05, 4.69) is 139 Å². The highest BCUT2D eigenvalue weighted by molar-refractivity contribution is 6.39. The Morgan fingerprint density at radius 3 is 1.42 bits per heavy atom. The van der Waals surface area contributed by atoms with Crippen LogP contribution < -0.4 is 0 Å². The van der Waals surface area contributed by atoms with Crippen LogP contribution in [0.4, 0.5) is 0 Å². The molecule has 4 nitrogen and oxygen atoms in total. The van der Waals surface area contributed by atoms with Crippen molar-refractivity contribution in [2.75, 3.05) is 0 Å². The van der Waals surface area contributed by atoms with Gasteiger partial charge in [-0.15, -0.1) is 0 Å². The number of aromatic nitrogens is 2. The third-order valence-corrected chi connectivity index (χ3v) is 11.8. The molecule has 50 heavy (non-hydrogen) atoms. The van der Waals surface area contributed by atoms with E-state index in [1.807, 2.05) is 0 Å². The Morgan fingerprint density at radius 2 is 0.880 bits per heavy atom. The summed E-state index contributed by atoms with van der Waals surface area (Å²) in [6, 6.07) is 39.5. The molecule has 6 heterocycles. The van der Waals surface area contributed by atoms with Gasteiger partial charge in [0.15, 0.2) is 0 Å². The molecule has 0 saturated carbocycles. The molecule has 0 unspecified atom stereocenters. The Kier molecular flexibility index (Phi) is 4.27. The summed E-state index contributed by atoms with van der Waals surface area (Å²) in [6.45, 7) is 7.06. The van der Waals surface area contributed by atoms with Gasteiger partial charge < -0.3 is 17.6 Å². The highest BCUT2D eigenvalue weighted by atomic mass is 16.3. The second-order valence-electron chi connectivity index (χ2n) is 14.6. The van der Waals surface area contributed by atoms with Gasteiger partial charge in [0.25, 0.3) is 0 Å². The molecular formula is C46H28N2O2. The second kappa shape index (κ2) is 8.30. The third-order valence-electron chi connectivity index (χ3n) is 11.8. The lowest BCUT2D eigenvalue weighted by Gasteiger charge is -2.15. The summed E-state index contributed by atoms with van der Waals surface area (Å²) in [4.78, 5) is 0. The Labute approximate surface area is 283 Å². The Bertz CT molecular complexity index is 3620. The number of para-hydroxylation sites is 4. The number of benzene rings is 7. The summed E-state index contributed by atoms with van der Waals surface area (Å²) in [6.07, 6.45) is 0. The van der Waals surface area contributed by atoms with Gasteiger partial charge in [-0.3, -0.25) is 0 Å². The normalized spacial score (nSPS) is 13.3. The maximum atomic E-state index is 6.67. The molecule has 0 radical (unpaired) electrons. The molecule has 0 saturated heterocycles. The van der Waals surface area contributed by atoms with Gasteiger partial charge in [-0.1, -0.05) is 86.6 Å². The summed E-state index contributed by atoms with van der Waals surface area (Å²) in [5, 5.41) is 15.0. The summed E-state index contributed by atoms with van der Waals surface area (Å²) in [7, 11) is 0. The van der Waals surface area contributed by atoms with Crippen LogP contribution in [0.1, 0.15) is 30.9 Å². The van der Waals surface area contributed by atoms with Gasteiger partial charge in [0.2, 0.25) is 0 Å². The maximum absolute atomic E-state index is 6.67. The van der Waals surface area contributed by atoms with E-state index in [0.717, 1.165) is 22.3 Å². The second-order valence-corrected chi connectivity index (χ2v) is 14.6. The fourth-order valence-electron chi connectivity index (χ4n) is 10.1. The molecule has 6 aromatic heterocycles. The van der Waals surface area contributed by atoms with Crippen molar-refractivity contribution in [1.29, 1.82) is 0 Å². The van der Waals surface area contributed by atoms with Crippen LogP contribution in [-0.4, -0.2) is 8.80 Å². The maximum Gasteiger partial charge on any atom is 0.136 e. The Balaban J connectivity index is 1.38. The number of furan rings is 2. The molecule has 0 N–H and O–H groups in total. The van der Waals surface area contributed by atoms with Crippen LogP contribution in [0.5, 0.6) is 0 Å². The molecule has 0 bridgehead atoms. The molecule has 0 fully saturated rings. The van der Waals surface area contributed by atoms with Crippen molar-refractivity contribution in [3.8, 4) is 0 Å². The first-order valence-electron chi connectivity index (χ1n) is 17.6. The summed E-state index contributed by atoms with van der Waals surface area (Å²) >= 11 is 0. The third kappa shape index (κ3) is 2.65. The van der Waals surface area contributed by atoms with Gasteiger partial charge in [-0.05, 0) is 60.4 Å². The van der Waals surface area contributed by atoms with E-state index in [1.54, 1.807) is 0 Å². The van der Waals surface area contributed by atoms with E-state index in [0.29, 0.717) is 0 Å². The van der Waals surface area contributed by atoms with Gasteiger partial charge in [0, 0.05) is 64.6 Å². The molecule has 7 aromatic carbocycles. The minimum Gasteiger partial charge on any atom is -0.456 e. The van der Waals surface area contributed by atoms with Crippen molar-refractivity contribution in [1.82, 2.24) is 8.80 Å². The topological polar surface area (TPSA) is 35.1 Å². The highest BCUT2D eigenvalue weighted by Gasteiger charge is 2.31. The first kappa shape index (κ1) is 25.7. The monoisotopic (exact) mass is 640 g/mol. The zero-order valence-electron chi connectivity index (χ0n) is 27.7. The van der Waals surface area contributed by atoms with Gasteiger partial charge in [-0.2, -0.15) is 0 Å². The fourth-order valence-corrected chi connectivity index (χ4v) is 10.1. The van der Waals surface area contributed by atoms with Crippen LogP contribution in [0, 0.1) is 6.92 Å². The largest absolute Gasteiger partial charge is 0.456 e. The molecule has 0 spiro atoms. The van der Waals surface area contributed by atoms with Crippen molar-refractivity contribution in [2.45, 2.75) is 26.7 Å². The molecule has 0 aliphatic rings. The van der Waals surface area contributed by atoms with Crippen LogP contribution in [-0.2, 0) is 0 Å². The standard InChI is InChI=1S/C46H28N2O2/c1-22(2)36-42-29-21-35-39(27-15-7-11-19-33(27)50-35)41-24-12-4-8-16-30(24)47(45(29)41)43(42)23(3)37-28-20-34-38(26-14-6-10-18-32(26)49-34)40-25-13-5-9-17-31(25)48(44(28)40)46(36)37/h4-22H,1-3H3. The molecule has 13 rings (SSSR count). The smallest absolute Gasteiger partial charge is 0.136 e. The first-order chi connectivity index (χ1) is 24.6. The van der Waals surface area contributed by atoms with Gasteiger partial charge in [0.05, 0.1) is 33.1 Å².